The van der Waals surface area contributed by atoms with E-state index in [9.17, 15) is 0 Å². The van der Waals surface area contributed by atoms with Gasteiger partial charge >= 0.3 is 0 Å². The van der Waals surface area contributed by atoms with Crippen molar-refractivity contribution < 1.29 is 4.74 Å². The summed E-state index contributed by atoms with van der Waals surface area (Å²) >= 11 is 1.77. The second kappa shape index (κ2) is 5.68. The van der Waals surface area contributed by atoms with Gasteiger partial charge in [0.1, 0.15) is 10.8 Å². The lowest BCUT2D eigenvalue weighted by Gasteiger charge is -2.35. The lowest BCUT2D eigenvalue weighted by Crippen LogP contribution is -2.53. The van der Waals surface area contributed by atoms with E-state index in [2.05, 4.69) is 30.1 Å². The molecule has 1 N–H and O–H groups in total. The molecule has 1 aliphatic heterocycles. The highest BCUT2D eigenvalue weighted by Gasteiger charge is 2.21. The van der Waals surface area contributed by atoms with Gasteiger partial charge in [-0.3, -0.25) is 4.90 Å². The summed E-state index contributed by atoms with van der Waals surface area (Å²) in [4.78, 5) is 7.22. The van der Waals surface area contributed by atoms with Gasteiger partial charge in [-0.25, -0.2) is 4.98 Å². The van der Waals surface area contributed by atoms with E-state index in [1.165, 1.54) is 9.71 Å². The van der Waals surface area contributed by atoms with Gasteiger partial charge in [-0.2, -0.15) is 0 Å². The quantitative estimate of drug-likeness (QED) is 0.943. The topological polar surface area (TPSA) is 37.4 Å². The minimum Gasteiger partial charge on any atom is -0.497 e. The molecule has 4 nitrogen and oxygen atoms in total. The summed E-state index contributed by atoms with van der Waals surface area (Å²) in [6.07, 6.45) is 0. The smallest absolute Gasteiger partial charge is 0.120 e. The first-order valence-electron chi connectivity index (χ1n) is 7.06. The van der Waals surface area contributed by atoms with Gasteiger partial charge in [-0.15, -0.1) is 11.3 Å². The van der Waals surface area contributed by atoms with Crippen molar-refractivity contribution in [2.24, 2.45) is 0 Å². The third-order valence-corrected chi connectivity index (χ3v) is 4.63. The average Bonchev–Trinajstić information content (AvgIpc) is 2.78. The van der Waals surface area contributed by atoms with Crippen molar-refractivity contribution in [3.8, 4) is 5.75 Å². The molecular weight excluding hydrogens is 270 g/mol. The molecule has 0 spiro atoms. The molecule has 1 aromatic carbocycles. The van der Waals surface area contributed by atoms with Gasteiger partial charge in [0.25, 0.3) is 0 Å². The molecule has 20 heavy (non-hydrogen) atoms. The Bertz CT molecular complexity index is 588. The third kappa shape index (κ3) is 2.95. The van der Waals surface area contributed by atoms with Crippen LogP contribution in [0.5, 0.6) is 5.75 Å². The summed E-state index contributed by atoms with van der Waals surface area (Å²) in [5, 5.41) is 4.75. The summed E-state index contributed by atoms with van der Waals surface area (Å²) in [6, 6.07) is 7.18. The van der Waals surface area contributed by atoms with Crippen molar-refractivity contribution >= 4 is 21.6 Å². The minimum absolute atomic E-state index is 0.549. The maximum atomic E-state index is 5.27. The predicted octanol–water partition coefficient (Wildman–Crippen LogP) is 2.49. The molecule has 0 radical (unpaired) electrons. The van der Waals surface area contributed by atoms with Crippen LogP contribution < -0.4 is 10.1 Å². The standard InChI is InChI=1S/C15H21N3OS/c1-10-7-18(8-11(2)16-10)9-15-17-13-5-4-12(19-3)6-14(13)20-15/h4-6,10-11,16H,7-9H2,1-3H3. The lowest BCUT2D eigenvalue weighted by molar-refractivity contribution is 0.166. The highest BCUT2D eigenvalue weighted by molar-refractivity contribution is 7.18. The summed E-state index contributed by atoms with van der Waals surface area (Å²) in [7, 11) is 1.70. The van der Waals surface area contributed by atoms with E-state index in [-0.39, 0.29) is 0 Å². The van der Waals surface area contributed by atoms with Gasteiger partial charge in [0.15, 0.2) is 0 Å². The number of methoxy groups -OCH3 is 1. The normalized spacial score (nSPS) is 24.1. The molecule has 2 atom stereocenters. The van der Waals surface area contributed by atoms with Crippen LogP contribution in [-0.4, -0.2) is 42.2 Å². The number of hydrogen-bond acceptors (Lipinski definition) is 5. The number of nitrogens with one attached hydrogen (secondary N) is 1. The minimum atomic E-state index is 0.549. The van der Waals surface area contributed by atoms with Crippen LogP contribution in [0.2, 0.25) is 0 Å². The first-order valence-corrected chi connectivity index (χ1v) is 7.87. The first-order chi connectivity index (χ1) is 9.64. The molecule has 0 aliphatic carbocycles. The Kier molecular flexibility index (Phi) is 3.92. The SMILES string of the molecule is COc1ccc2nc(CN3CC(C)NC(C)C3)sc2c1. The molecule has 3 rings (SSSR count). The summed E-state index contributed by atoms with van der Waals surface area (Å²) < 4.78 is 6.47. The van der Waals surface area contributed by atoms with Crippen molar-refractivity contribution in [2.75, 3.05) is 20.2 Å². The van der Waals surface area contributed by atoms with Crippen LogP contribution in [0.1, 0.15) is 18.9 Å². The average molecular weight is 291 g/mol. The van der Waals surface area contributed by atoms with Gasteiger partial charge in [-0.1, -0.05) is 0 Å². The van der Waals surface area contributed by atoms with Crippen LogP contribution >= 0.6 is 11.3 Å². The monoisotopic (exact) mass is 291 g/mol. The molecule has 1 saturated heterocycles. The number of rotatable bonds is 3. The number of benzene rings is 1. The number of nitrogens with zero attached hydrogens (tertiary/aromatic N) is 2. The molecule has 0 amide bonds. The number of fused-ring (bicyclic) bond motifs is 1. The number of aromatic nitrogens is 1. The number of ether oxygens (including phenoxy) is 1. The van der Waals surface area contributed by atoms with Gasteiger partial charge in [0, 0.05) is 25.2 Å². The van der Waals surface area contributed by atoms with E-state index < -0.39 is 0 Å². The van der Waals surface area contributed by atoms with E-state index in [4.69, 9.17) is 9.72 Å². The van der Waals surface area contributed by atoms with Crippen LogP contribution in [0.15, 0.2) is 18.2 Å². The molecule has 1 aliphatic rings. The maximum absolute atomic E-state index is 5.27. The Morgan fingerprint density at radius 1 is 1.35 bits per heavy atom. The largest absolute Gasteiger partial charge is 0.497 e. The Hall–Kier alpha value is -1.17. The van der Waals surface area contributed by atoms with E-state index in [1.54, 1.807) is 18.4 Å². The van der Waals surface area contributed by atoms with Crippen LogP contribution in [0.25, 0.3) is 10.2 Å². The fourth-order valence-electron chi connectivity index (χ4n) is 2.91. The van der Waals surface area contributed by atoms with Crippen LogP contribution in [0.3, 0.4) is 0 Å². The molecule has 1 fully saturated rings. The maximum Gasteiger partial charge on any atom is 0.120 e. The summed E-state index contributed by atoms with van der Waals surface area (Å²) in [5.74, 6) is 0.900. The number of hydrogen-bond donors (Lipinski definition) is 1. The molecule has 2 aromatic rings. The Labute approximate surface area is 123 Å². The molecule has 2 unspecified atom stereocenters. The van der Waals surface area contributed by atoms with Gasteiger partial charge in [0.2, 0.25) is 0 Å². The molecule has 2 heterocycles. The summed E-state index contributed by atoms with van der Waals surface area (Å²) in [6.45, 7) is 7.60. The van der Waals surface area contributed by atoms with Crippen LogP contribution in [0, 0.1) is 0 Å². The molecule has 5 heteroatoms. The van der Waals surface area contributed by atoms with E-state index in [0.29, 0.717) is 12.1 Å². The van der Waals surface area contributed by atoms with Crippen LogP contribution in [-0.2, 0) is 6.54 Å². The van der Waals surface area contributed by atoms with E-state index in [0.717, 1.165) is 30.9 Å². The van der Waals surface area contributed by atoms with Crippen molar-refractivity contribution in [2.45, 2.75) is 32.5 Å². The molecular formula is C15H21N3OS. The highest BCUT2D eigenvalue weighted by atomic mass is 32.1. The highest BCUT2D eigenvalue weighted by Crippen LogP contribution is 2.27. The molecule has 0 bridgehead atoms. The first kappa shape index (κ1) is 13.8. The van der Waals surface area contributed by atoms with E-state index >= 15 is 0 Å². The third-order valence-electron chi connectivity index (χ3n) is 3.63. The Morgan fingerprint density at radius 2 is 2.10 bits per heavy atom. The molecule has 1 aromatic heterocycles. The second-order valence-corrected chi connectivity index (χ2v) is 6.72. The van der Waals surface area contributed by atoms with Crippen molar-refractivity contribution in [3.05, 3.63) is 23.2 Å². The Balaban J connectivity index is 1.77. The zero-order valence-electron chi connectivity index (χ0n) is 12.2. The zero-order chi connectivity index (χ0) is 14.1. The number of piperazine rings is 1. The Morgan fingerprint density at radius 3 is 2.80 bits per heavy atom. The van der Waals surface area contributed by atoms with Gasteiger partial charge < -0.3 is 10.1 Å². The molecule has 108 valence electrons. The van der Waals surface area contributed by atoms with Gasteiger partial charge in [-0.05, 0) is 32.0 Å². The van der Waals surface area contributed by atoms with Crippen molar-refractivity contribution in [1.82, 2.24) is 15.2 Å². The van der Waals surface area contributed by atoms with Crippen molar-refractivity contribution in [3.63, 3.8) is 0 Å². The zero-order valence-corrected chi connectivity index (χ0v) is 13.0. The van der Waals surface area contributed by atoms with Gasteiger partial charge in [0.05, 0.1) is 23.9 Å². The lowest BCUT2D eigenvalue weighted by atomic mass is 10.1. The second-order valence-electron chi connectivity index (χ2n) is 5.60. The van der Waals surface area contributed by atoms with E-state index in [1.807, 2.05) is 12.1 Å². The fourth-order valence-corrected chi connectivity index (χ4v) is 3.95. The predicted molar refractivity (Wildman–Crippen MR) is 83.5 cm³/mol. The summed E-state index contributed by atoms with van der Waals surface area (Å²) in [5.41, 5.74) is 1.07. The van der Waals surface area contributed by atoms with Crippen molar-refractivity contribution in [1.29, 1.82) is 0 Å². The van der Waals surface area contributed by atoms with Crippen LogP contribution in [0.4, 0.5) is 0 Å². The number of thiazole rings is 1. The molecule has 0 saturated carbocycles. The fraction of sp³-hybridized carbons (Fsp3) is 0.533.